The quantitative estimate of drug-likeness (QED) is 0.701. The number of hydrogen-bond donors (Lipinski definition) is 0. The molecule has 1 aromatic carbocycles. The summed E-state index contributed by atoms with van der Waals surface area (Å²) in [5, 5.41) is 3.38. The number of rotatable bonds is 2. The number of benzene rings is 1. The molecule has 6 nitrogen and oxygen atoms in total. The second kappa shape index (κ2) is 5.79. The third-order valence-electron chi connectivity index (χ3n) is 4.41. The van der Waals surface area contributed by atoms with Crippen molar-refractivity contribution in [2.45, 2.75) is 24.9 Å². The number of alkyl halides is 3. The lowest BCUT2D eigenvalue weighted by atomic mass is 9.82. The minimum Gasteiger partial charge on any atom is -0.496 e. The summed E-state index contributed by atoms with van der Waals surface area (Å²) in [5.74, 6) is -1.14. The molecule has 9 heteroatoms. The lowest BCUT2D eigenvalue weighted by molar-refractivity contribution is -0.144. The van der Waals surface area contributed by atoms with Crippen LogP contribution >= 0.6 is 0 Å². The Morgan fingerprint density at radius 1 is 1.19 bits per heavy atom. The highest BCUT2D eigenvalue weighted by atomic mass is 19.4. The van der Waals surface area contributed by atoms with Gasteiger partial charge in [-0.2, -0.15) is 18.2 Å². The number of para-hydroxylation sites is 1. The molecule has 0 amide bonds. The van der Waals surface area contributed by atoms with E-state index in [-0.39, 0.29) is 29.5 Å². The first kappa shape index (κ1) is 16.5. The van der Waals surface area contributed by atoms with Crippen molar-refractivity contribution >= 4 is 11.6 Å². The van der Waals surface area contributed by atoms with Crippen LogP contribution in [0.3, 0.4) is 0 Å². The van der Waals surface area contributed by atoms with E-state index >= 15 is 0 Å². The minimum absolute atomic E-state index is 0.161. The van der Waals surface area contributed by atoms with Crippen LogP contribution in [0.15, 0.2) is 30.5 Å². The standard InChI is InChI=1S/C17H13F3N4O2/c1-26-14-5-3-2-4-10(14)9-6-12-11(13(25)7-9)8-24-16(21-12)22-15(23-24)17(18,19)20/h2-5,8-9H,6-7H2,1H3. The summed E-state index contributed by atoms with van der Waals surface area (Å²) in [5.41, 5.74) is 1.57. The van der Waals surface area contributed by atoms with Gasteiger partial charge in [0.2, 0.25) is 0 Å². The van der Waals surface area contributed by atoms with Crippen LogP contribution in [0.5, 0.6) is 5.75 Å². The van der Waals surface area contributed by atoms with Gasteiger partial charge in [0.1, 0.15) is 5.75 Å². The van der Waals surface area contributed by atoms with Gasteiger partial charge in [-0.15, -0.1) is 5.10 Å². The van der Waals surface area contributed by atoms with Crippen molar-refractivity contribution in [1.82, 2.24) is 19.6 Å². The topological polar surface area (TPSA) is 69.4 Å². The van der Waals surface area contributed by atoms with E-state index in [9.17, 15) is 18.0 Å². The lowest BCUT2D eigenvalue weighted by Crippen LogP contribution is -2.21. The number of Topliss-reactive ketones (excluding diaryl/α,β-unsaturated/α-hetero) is 1. The second-order valence-electron chi connectivity index (χ2n) is 6.05. The third-order valence-corrected chi connectivity index (χ3v) is 4.41. The molecule has 26 heavy (non-hydrogen) atoms. The Balaban J connectivity index is 1.77. The number of hydrogen-bond acceptors (Lipinski definition) is 5. The third kappa shape index (κ3) is 2.69. The van der Waals surface area contributed by atoms with Crippen LogP contribution in [0.2, 0.25) is 0 Å². The molecular formula is C17H13F3N4O2. The van der Waals surface area contributed by atoms with Crippen molar-refractivity contribution < 1.29 is 22.7 Å². The molecule has 1 unspecified atom stereocenters. The van der Waals surface area contributed by atoms with E-state index in [1.165, 1.54) is 6.20 Å². The fourth-order valence-electron chi connectivity index (χ4n) is 3.23. The maximum absolute atomic E-state index is 12.8. The zero-order chi connectivity index (χ0) is 18.5. The van der Waals surface area contributed by atoms with Crippen molar-refractivity contribution in [2.75, 3.05) is 7.11 Å². The van der Waals surface area contributed by atoms with Crippen molar-refractivity contribution in [3.63, 3.8) is 0 Å². The number of fused-ring (bicyclic) bond motifs is 2. The predicted octanol–water partition coefficient (Wildman–Crippen LogP) is 3.06. The van der Waals surface area contributed by atoms with Crippen LogP contribution in [0.1, 0.15) is 39.8 Å². The van der Waals surface area contributed by atoms with Gasteiger partial charge in [0.05, 0.1) is 18.4 Å². The summed E-state index contributed by atoms with van der Waals surface area (Å²) in [4.78, 5) is 20.1. The van der Waals surface area contributed by atoms with Crippen LogP contribution in [0, 0.1) is 0 Å². The highest BCUT2D eigenvalue weighted by molar-refractivity contribution is 5.98. The molecule has 0 radical (unpaired) electrons. The van der Waals surface area contributed by atoms with Crippen LogP contribution in [-0.4, -0.2) is 32.5 Å². The van der Waals surface area contributed by atoms with E-state index in [2.05, 4.69) is 15.1 Å². The highest BCUT2D eigenvalue weighted by Crippen LogP contribution is 2.36. The average molecular weight is 362 g/mol. The van der Waals surface area contributed by atoms with E-state index in [0.29, 0.717) is 17.9 Å². The van der Waals surface area contributed by atoms with Gasteiger partial charge in [0, 0.05) is 18.5 Å². The summed E-state index contributed by atoms with van der Waals surface area (Å²) >= 11 is 0. The van der Waals surface area contributed by atoms with Gasteiger partial charge in [-0.25, -0.2) is 9.50 Å². The summed E-state index contributed by atoms with van der Waals surface area (Å²) in [6.45, 7) is 0. The smallest absolute Gasteiger partial charge is 0.453 e. The molecule has 3 aromatic rings. The van der Waals surface area contributed by atoms with E-state index in [1.54, 1.807) is 13.2 Å². The Morgan fingerprint density at radius 2 is 1.96 bits per heavy atom. The molecule has 0 spiro atoms. The highest BCUT2D eigenvalue weighted by Gasteiger charge is 2.37. The van der Waals surface area contributed by atoms with Crippen molar-refractivity contribution in [1.29, 1.82) is 0 Å². The maximum Gasteiger partial charge on any atom is 0.453 e. The normalized spacial score (nSPS) is 17.4. The van der Waals surface area contributed by atoms with Crippen LogP contribution in [0.25, 0.3) is 5.78 Å². The first-order valence-electron chi connectivity index (χ1n) is 7.86. The Labute approximate surface area is 145 Å². The van der Waals surface area contributed by atoms with Gasteiger partial charge in [-0.3, -0.25) is 4.79 Å². The van der Waals surface area contributed by atoms with Crippen LogP contribution in [-0.2, 0) is 12.6 Å². The number of ether oxygens (including phenoxy) is 1. The minimum atomic E-state index is -4.67. The summed E-state index contributed by atoms with van der Waals surface area (Å²) in [6, 6.07) is 7.36. The second-order valence-corrected chi connectivity index (χ2v) is 6.05. The Hall–Kier alpha value is -2.97. The fourth-order valence-corrected chi connectivity index (χ4v) is 3.23. The molecule has 134 valence electrons. The number of carbonyl (C=O) groups excluding carboxylic acids is 1. The number of ketones is 1. The average Bonchev–Trinajstić information content (AvgIpc) is 3.03. The lowest BCUT2D eigenvalue weighted by Gasteiger charge is -2.24. The molecule has 1 aliphatic carbocycles. The number of carbonyl (C=O) groups is 1. The monoisotopic (exact) mass is 362 g/mol. The van der Waals surface area contributed by atoms with Crippen molar-refractivity contribution in [2.24, 2.45) is 0 Å². The van der Waals surface area contributed by atoms with Gasteiger partial charge in [0.15, 0.2) is 5.78 Å². The van der Waals surface area contributed by atoms with Crippen molar-refractivity contribution in [3.8, 4) is 5.75 Å². The Bertz CT molecular complexity index is 1010. The molecule has 0 saturated heterocycles. The summed E-state index contributed by atoms with van der Waals surface area (Å²) < 4.78 is 44.7. The molecule has 1 aliphatic rings. The molecule has 0 aliphatic heterocycles. The molecule has 0 bridgehead atoms. The summed E-state index contributed by atoms with van der Waals surface area (Å²) in [6.07, 6.45) is -2.76. The Kier molecular flexibility index (Phi) is 3.67. The van der Waals surface area contributed by atoms with Gasteiger partial charge >= 0.3 is 6.18 Å². The van der Waals surface area contributed by atoms with Gasteiger partial charge in [-0.1, -0.05) is 18.2 Å². The van der Waals surface area contributed by atoms with Crippen LogP contribution < -0.4 is 4.74 Å². The van der Waals surface area contributed by atoms with E-state index < -0.39 is 12.0 Å². The zero-order valence-electron chi connectivity index (χ0n) is 13.6. The Morgan fingerprint density at radius 3 is 2.69 bits per heavy atom. The van der Waals surface area contributed by atoms with Crippen LogP contribution in [0.4, 0.5) is 13.2 Å². The van der Waals surface area contributed by atoms with E-state index in [1.807, 2.05) is 18.2 Å². The molecule has 2 aromatic heterocycles. The number of methoxy groups -OCH3 is 1. The molecule has 0 N–H and O–H groups in total. The molecular weight excluding hydrogens is 349 g/mol. The zero-order valence-corrected chi connectivity index (χ0v) is 13.6. The molecule has 0 saturated carbocycles. The molecule has 0 fully saturated rings. The molecule has 4 rings (SSSR count). The van der Waals surface area contributed by atoms with Crippen molar-refractivity contribution in [3.05, 3.63) is 53.1 Å². The number of nitrogens with zero attached hydrogens (tertiary/aromatic N) is 4. The van der Waals surface area contributed by atoms with E-state index in [4.69, 9.17) is 4.74 Å². The number of aromatic nitrogens is 4. The summed E-state index contributed by atoms with van der Waals surface area (Å²) in [7, 11) is 1.55. The largest absolute Gasteiger partial charge is 0.496 e. The van der Waals surface area contributed by atoms with Gasteiger partial charge in [-0.05, 0) is 18.1 Å². The maximum atomic E-state index is 12.8. The van der Waals surface area contributed by atoms with Gasteiger partial charge < -0.3 is 4.74 Å². The van der Waals surface area contributed by atoms with E-state index in [0.717, 1.165) is 10.1 Å². The SMILES string of the molecule is COc1ccccc1C1CC(=O)c2cn3nc(C(F)(F)F)nc3nc2C1. The first-order valence-corrected chi connectivity index (χ1v) is 7.86. The van der Waals surface area contributed by atoms with Gasteiger partial charge in [0.25, 0.3) is 11.6 Å². The molecule has 1 atom stereocenters. The predicted molar refractivity (Wildman–Crippen MR) is 84.2 cm³/mol. The molecule has 2 heterocycles. The first-order chi connectivity index (χ1) is 12.4. The number of halogens is 3. The fraction of sp³-hybridized carbons (Fsp3) is 0.294.